The van der Waals surface area contributed by atoms with Gasteiger partial charge in [-0.25, -0.2) is 4.98 Å². The van der Waals surface area contributed by atoms with Crippen LogP contribution in [0.15, 0.2) is 75.7 Å². The minimum Gasteiger partial charge on any atom is -0.463 e. The van der Waals surface area contributed by atoms with Crippen molar-refractivity contribution in [1.82, 2.24) is 15.3 Å². The lowest BCUT2D eigenvalue weighted by Gasteiger charge is -2.00. The standard InChI is InChI=1S/C21H15N3O3S/c25-19(8-7-15-12-27-18-6-2-1-5-17(18)20(15)26)23-11-16-13-28-21(24-16)14-4-3-9-22-10-14/h1-10,12-13H,11H2,(H,23,25)/b8-7+. The minimum atomic E-state index is -0.316. The number of nitrogens with one attached hydrogen (secondary N) is 1. The highest BCUT2D eigenvalue weighted by Crippen LogP contribution is 2.22. The number of pyridine rings is 1. The summed E-state index contributed by atoms with van der Waals surface area (Å²) in [5.41, 5.74) is 2.36. The van der Waals surface area contributed by atoms with E-state index < -0.39 is 0 Å². The molecule has 0 bridgehead atoms. The average molecular weight is 389 g/mol. The van der Waals surface area contributed by atoms with Gasteiger partial charge in [-0.05, 0) is 30.3 Å². The van der Waals surface area contributed by atoms with Crippen molar-refractivity contribution < 1.29 is 9.21 Å². The van der Waals surface area contributed by atoms with Gasteiger partial charge in [-0.3, -0.25) is 14.6 Å². The zero-order chi connectivity index (χ0) is 19.3. The predicted molar refractivity (Wildman–Crippen MR) is 109 cm³/mol. The van der Waals surface area contributed by atoms with E-state index in [0.29, 0.717) is 23.1 Å². The van der Waals surface area contributed by atoms with Gasteiger partial charge in [-0.1, -0.05) is 12.1 Å². The summed E-state index contributed by atoms with van der Waals surface area (Å²) >= 11 is 1.49. The number of carbonyl (C=O) groups excluding carboxylic acids is 1. The summed E-state index contributed by atoms with van der Waals surface area (Å²) in [6.45, 7) is 0.298. The number of benzene rings is 1. The van der Waals surface area contributed by atoms with Crippen molar-refractivity contribution in [3.05, 3.63) is 88.0 Å². The molecule has 0 aliphatic carbocycles. The van der Waals surface area contributed by atoms with Crippen molar-refractivity contribution in [3.63, 3.8) is 0 Å². The number of carbonyl (C=O) groups is 1. The van der Waals surface area contributed by atoms with Crippen molar-refractivity contribution in [3.8, 4) is 10.6 Å². The first-order chi connectivity index (χ1) is 13.7. The molecule has 0 atom stereocenters. The second-order valence-electron chi connectivity index (χ2n) is 5.95. The molecule has 7 heteroatoms. The third kappa shape index (κ3) is 3.89. The Bertz CT molecular complexity index is 1210. The van der Waals surface area contributed by atoms with Crippen LogP contribution in [-0.4, -0.2) is 15.9 Å². The van der Waals surface area contributed by atoms with Crippen LogP contribution in [0.1, 0.15) is 11.3 Å². The highest BCUT2D eigenvalue weighted by atomic mass is 32.1. The zero-order valence-corrected chi connectivity index (χ0v) is 15.5. The third-order valence-corrected chi connectivity index (χ3v) is 4.97. The van der Waals surface area contributed by atoms with Gasteiger partial charge >= 0.3 is 0 Å². The van der Waals surface area contributed by atoms with Gasteiger partial charge in [0, 0.05) is 29.4 Å². The van der Waals surface area contributed by atoms with Crippen molar-refractivity contribution >= 4 is 34.3 Å². The van der Waals surface area contributed by atoms with Crippen LogP contribution in [-0.2, 0) is 11.3 Å². The van der Waals surface area contributed by atoms with Crippen LogP contribution < -0.4 is 10.7 Å². The molecule has 0 aliphatic rings. The summed E-state index contributed by atoms with van der Waals surface area (Å²) in [5, 5.41) is 5.98. The summed E-state index contributed by atoms with van der Waals surface area (Å²) in [5.74, 6) is -0.316. The molecule has 4 aromatic rings. The number of hydrogen-bond donors (Lipinski definition) is 1. The first kappa shape index (κ1) is 17.8. The average Bonchev–Trinajstić information content (AvgIpc) is 3.22. The summed E-state index contributed by atoms with van der Waals surface area (Å²) in [6, 6.07) is 10.8. The number of para-hydroxylation sites is 1. The van der Waals surface area contributed by atoms with Crippen LogP contribution in [0.5, 0.6) is 0 Å². The first-order valence-electron chi connectivity index (χ1n) is 8.52. The molecular weight excluding hydrogens is 374 g/mol. The van der Waals surface area contributed by atoms with E-state index >= 15 is 0 Å². The van der Waals surface area contributed by atoms with E-state index in [-0.39, 0.29) is 11.3 Å². The Balaban J connectivity index is 1.41. The van der Waals surface area contributed by atoms with Crippen molar-refractivity contribution in [1.29, 1.82) is 0 Å². The fraction of sp³-hybridized carbons (Fsp3) is 0.0476. The van der Waals surface area contributed by atoms with E-state index in [9.17, 15) is 9.59 Å². The van der Waals surface area contributed by atoms with Crippen LogP contribution in [0.4, 0.5) is 0 Å². The highest BCUT2D eigenvalue weighted by molar-refractivity contribution is 7.13. The molecule has 1 N–H and O–H groups in total. The first-order valence-corrected chi connectivity index (χ1v) is 9.40. The molecule has 0 unspecified atom stereocenters. The third-order valence-electron chi connectivity index (χ3n) is 4.02. The lowest BCUT2D eigenvalue weighted by molar-refractivity contribution is -0.116. The lowest BCUT2D eigenvalue weighted by Crippen LogP contribution is -2.20. The molecule has 0 aliphatic heterocycles. The molecule has 3 heterocycles. The van der Waals surface area contributed by atoms with Crippen molar-refractivity contribution in [2.75, 3.05) is 0 Å². The van der Waals surface area contributed by atoms with E-state index in [0.717, 1.165) is 16.3 Å². The number of amides is 1. The Morgan fingerprint density at radius 3 is 2.96 bits per heavy atom. The normalized spacial score (nSPS) is 11.1. The van der Waals surface area contributed by atoms with Crippen molar-refractivity contribution in [2.45, 2.75) is 6.54 Å². The lowest BCUT2D eigenvalue weighted by atomic mass is 10.1. The molecule has 28 heavy (non-hydrogen) atoms. The molecule has 6 nitrogen and oxygen atoms in total. The largest absolute Gasteiger partial charge is 0.463 e. The van der Waals surface area contributed by atoms with Gasteiger partial charge in [0.15, 0.2) is 5.43 Å². The molecule has 0 saturated heterocycles. The molecule has 138 valence electrons. The minimum absolute atomic E-state index is 0.175. The van der Waals surface area contributed by atoms with E-state index in [2.05, 4.69) is 15.3 Å². The van der Waals surface area contributed by atoms with Gasteiger partial charge in [0.25, 0.3) is 0 Å². The van der Waals surface area contributed by atoms with Crippen LogP contribution in [0.3, 0.4) is 0 Å². The Kier molecular flexibility index (Phi) is 5.07. The van der Waals surface area contributed by atoms with Gasteiger partial charge in [0.05, 0.1) is 23.2 Å². The SMILES string of the molecule is O=C(/C=C/c1coc2ccccc2c1=O)NCc1csc(-c2cccnc2)n1. The maximum Gasteiger partial charge on any atom is 0.244 e. The highest BCUT2D eigenvalue weighted by Gasteiger charge is 2.07. The summed E-state index contributed by atoms with van der Waals surface area (Å²) < 4.78 is 5.43. The summed E-state index contributed by atoms with van der Waals surface area (Å²) in [4.78, 5) is 33.0. The molecule has 1 aromatic carbocycles. The smallest absolute Gasteiger partial charge is 0.244 e. The Morgan fingerprint density at radius 2 is 2.11 bits per heavy atom. The second-order valence-corrected chi connectivity index (χ2v) is 6.81. The summed E-state index contributed by atoms with van der Waals surface area (Å²) in [7, 11) is 0. The molecule has 1 amide bonds. The number of hydrogen-bond acceptors (Lipinski definition) is 6. The van der Waals surface area contributed by atoms with Gasteiger partial charge in [-0.2, -0.15) is 0 Å². The zero-order valence-electron chi connectivity index (χ0n) is 14.7. The molecule has 0 fully saturated rings. The number of nitrogens with zero attached hydrogens (tertiary/aromatic N) is 2. The topological polar surface area (TPSA) is 85.1 Å². The van der Waals surface area contributed by atoms with Crippen LogP contribution in [0.25, 0.3) is 27.6 Å². The molecule has 0 radical (unpaired) electrons. The fourth-order valence-corrected chi connectivity index (χ4v) is 3.43. The molecule has 3 aromatic heterocycles. The number of aromatic nitrogens is 2. The van der Waals surface area contributed by atoms with Gasteiger partial charge in [0.2, 0.25) is 5.91 Å². The maximum absolute atomic E-state index is 12.4. The quantitative estimate of drug-likeness (QED) is 0.527. The van der Waals surface area contributed by atoms with Crippen LogP contribution >= 0.6 is 11.3 Å². The summed E-state index contributed by atoms with van der Waals surface area (Å²) in [6.07, 6.45) is 7.58. The van der Waals surface area contributed by atoms with Gasteiger partial charge < -0.3 is 9.73 Å². The Morgan fingerprint density at radius 1 is 1.21 bits per heavy atom. The number of fused-ring (bicyclic) bond motifs is 1. The maximum atomic E-state index is 12.4. The number of thiazole rings is 1. The Hall–Kier alpha value is -3.58. The van der Waals surface area contributed by atoms with Crippen LogP contribution in [0.2, 0.25) is 0 Å². The van der Waals surface area contributed by atoms with Crippen molar-refractivity contribution in [2.24, 2.45) is 0 Å². The fourth-order valence-electron chi connectivity index (χ4n) is 2.62. The van der Waals surface area contributed by atoms with E-state index in [1.165, 1.54) is 29.8 Å². The van der Waals surface area contributed by atoms with Gasteiger partial charge in [0.1, 0.15) is 16.9 Å². The van der Waals surface area contributed by atoms with Gasteiger partial charge in [-0.15, -0.1) is 11.3 Å². The molecular formula is C21H15N3O3S. The molecule has 4 rings (SSSR count). The van der Waals surface area contributed by atoms with E-state index in [1.54, 1.807) is 36.7 Å². The molecule has 0 saturated carbocycles. The van der Waals surface area contributed by atoms with E-state index in [4.69, 9.17) is 4.42 Å². The predicted octanol–water partition coefficient (Wildman–Crippen LogP) is 3.64. The number of rotatable bonds is 5. The second kappa shape index (κ2) is 7.98. The Labute approximate surface area is 164 Å². The molecule has 0 spiro atoms. The van der Waals surface area contributed by atoms with Crippen LogP contribution in [0, 0.1) is 0 Å². The van der Waals surface area contributed by atoms with E-state index in [1.807, 2.05) is 17.5 Å². The monoisotopic (exact) mass is 389 g/mol.